The van der Waals surface area contributed by atoms with Crippen molar-refractivity contribution in [3.8, 4) is 0 Å². The second-order valence-electron chi connectivity index (χ2n) is 6.32. The summed E-state index contributed by atoms with van der Waals surface area (Å²) in [5, 5.41) is 14.8. The molecule has 0 bridgehead atoms. The molecular formula is C20H20ClFN2O4. The molecule has 148 valence electrons. The number of carboxylic acids is 1. The Morgan fingerprint density at radius 1 is 1.00 bits per heavy atom. The maximum Gasteiger partial charge on any atom is 0.326 e. The molecule has 0 heterocycles. The summed E-state index contributed by atoms with van der Waals surface area (Å²) in [6.45, 7) is 1.24. The molecule has 0 radical (unpaired) electrons. The number of carbonyl (C=O) groups is 3. The minimum absolute atomic E-state index is 0.0205. The smallest absolute Gasteiger partial charge is 0.326 e. The Hall–Kier alpha value is -2.93. The molecule has 0 fully saturated rings. The van der Waals surface area contributed by atoms with Crippen molar-refractivity contribution in [1.82, 2.24) is 10.6 Å². The van der Waals surface area contributed by atoms with E-state index in [0.29, 0.717) is 16.1 Å². The van der Waals surface area contributed by atoms with Gasteiger partial charge in [0.25, 0.3) is 0 Å². The number of hydrogen-bond acceptors (Lipinski definition) is 3. The summed E-state index contributed by atoms with van der Waals surface area (Å²) < 4.78 is 13.4. The van der Waals surface area contributed by atoms with Gasteiger partial charge in [-0.15, -0.1) is 0 Å². The van der Waals surface area contributed by atoms with Crippen molar-refractivity contribution in [2.75, 3.05) is 0 Å². The van der Waals surface area contributed by atoms with Crippen LogP contribution in [0.5, 0.6) is 0 Å². The fourth-order valence-electron chi connectivity index (χ4n) is 2.73. The summed E-state index contributed by atoms with van der Waals surface area (Å²) in [7, 11) is 0. The summed E-state index contributed by atoms with van der Waals surface area (Å²) in [4.78, 5) is 35.7. The molecule has 0 aliphatic heterocycles. The van der Waals surface area contributed by atoms with Gasteiger partial charge in [0.05, 0.1) is 0 Å². The largest absolute Gasteiger partial charge is 0.480 e. The predicted octanol–water partition coefficient (Wildman–Crippen LogP) is 2.34. The minimum Gasteiger partial charge on any atom is -0.480 e. The number of halogens is 2. The molecule has 2 amide bonds. The van der Waals surface area contributed by atoms with Gasteiger partial charge in [-0.05, 0) is 35.4 Å². The highest BCUT2D eigenvalue weighted by atomic mass is 35.5. The molecule has 6 nitrogen and oxygen atoms in total. The molecule has 0 spiro atoms. The maximum absolute atomic E-state index is 13.4. The molecule has 2 aromatic rings. The summed E-state index contributed by atoms with van der Waals surface area (Å²) in [6.07, 6.45) is 0.0427. The van der Waals surface area contributed by atoms with Crippen molar-refractivity contribution in [2.45, 2.75) is 31.8 Å². The van der Waals surface area contributed by atoms with E-state index in [1.165, 1.54) is 25.1 Å². The molecule has 0 aliphatic rings. The molecule has 0 aromatic heterocycles. The number of benzene rings is 2. The zero-order valence-electron chi connectivity index (χ0n) is 15.1. The third-order valence-corrected chi connectivity index (χ3v) is 4.20. The van der Waals surface area contributed by atoms with Gasteiger partial charge in [0.15, 0.2) is 0 Å². The fourth-order valence-corrected chi connectivity index (χ4v) is 2.94. The molecule has 2 atom stereocenters. The maximum atomic E-state index is 13.4. The zero-order chi connectivity index (χ0) is 20.7. The summed E-state index contributed by atoms with van der Waals surface area (Å²) >= 11 is 5.91. The van der Waals surface area contributed by atoms with Crippen LogP contribution in [0, 0.1) is 5.82 Å². The number of amides is 2. The second-order valence-corrected chi connectivity index (χ2v) is 6.76. The Kier molecular flexibility index (Phi) is 7.52. The van der Waals surface area contributed by atoms with Gasteiger partial charge >= 0.3 is 5.97 Å². The third kappa shape index (κ3) is 6.66. The van der Waals surface area contributed by atoms with Crippen molar-refractivity contribution in [3.63, 3.8) is 0 Å². The Balaban J connectivity index is 2.14. The van der Waals surface area contributed by atoms with E-state index in [1.54, 1.807) is 30.3 Å². The average Bonchev–Trinajstić information content (AvgIpc) is 2.60. The molecule has 0 unspecified atom stereocenters. The van der Waals surface area contributed by atoms with Crippen LogP contribution in [0.15, 0.2) is 48.5 Å². The van der Waals surface area contributed by atoms with Crippen molar-refractivity contribution in [3.05, 3.63) is 70.5 Å². The monoisotopic (exact) mass is 406 g/mol. The second kappa shape index (κ2) is 9.85. The first kappa shape index (κ1) is 21.4. The van der Waals surface area contributed by atoms with Gasteiger partial charge in [0.1, 0.15) is 17.9 Å². The Labute approximate surface area is 166 Å². The standard InChI is InChI=1S/C20H20ClFN2O4/c1-12(25)23-17(10-14-5-3-7-16(22)9-14)19(26)24-18(20(27)28)11-13-4-2-6-15(21)8-13/h2-9,17-18H,10-11H2,1H3,(H,23,25)(H,24,26)(H,27,28)/t17-,18-/m0/s1. The van der Waals surface area contributed by atoms with E-state index in [0.717, 1.165) is 0 Å². The zero-order valence-corrected chi connectivity index (χ0v) is 15.9. The molecule has 2 aromatic carbocycles. The molecule has 2 rings (SSSR count). The number of rotatable bonds is 8. The quantitative estimate of drug-likeness (QED) is 0.627. The minimum atomic E-state index is -1.22. The Bertz CT molecular complexity index is 875. The molecule has 0 aliphatic carbocycles. The van der Waals surface area contributed by atoms with Gasteiger partial charge in [0.2, 0.25) is 11.8 Å². The van der Waals surface area contributed by atoms with Crippen LogP contribution >= 0.6 is 11.6 Å². The van der Waals surface area contributed by atoms with Crippen LogP contribution in [-0.4, -0.2) is 35.0 Å². The third-order valence-electron chi connectivity index (χ3n) is 3.97. The molecular weight excluding hydrogens is 387 g/mol. The van der Waals surface area contributed by atoms with Gasteiger partial charge in [-0.25, -0.2) is 9.18 Å². The lowest BCUT2D eigenvalue weighted by Crippen LogP contribution is -2.52. The van der Waals surface area contributed by atoms with Crippen LogP contribution in [0.4, 0.5) is 4.39 Å². The molecule has 28 heavy (non-hydrogen) atoms. The van der Waals surface area contributed by atoms with Crippen LogP contribution < -0.4 is 10.6 Å². The predicted molar refractivity (Wildman–Crippen MR) is 102 cm³/mol. The van der Waals surface area contributed by atoms with Gasteiger partial charge in [-0.1, -0.05) is 35.9 Å². The number of carbonyl (C=O) groups excluding carboxylic acids is 2. The highest BCUT2D eigenvalue weighted by Crippen LogP contribution is 2.13. The van der Waals surface area contributed by atoms with E-state index in [2.05, 4.69) is 10.6 Å². The van der Waals surface area contributed by atoms with Crippen molar-refractivity contribution in [2.24, 2.45) is 0 Å². The number of hydrogen-bond donors (Lipinski definition) is 3. The average molecular weight is 407 g/mol. The topological polar surface area (TPSA) is 95.5 Å². The van der Waals surface area contributed by atoms with E-state index >= 15 is 0 Å². The van der Waals surface area contributed by atoms with Crippen molar-refractivity contribution in [1.29, 1.82) is 0 Å². The van der Waals surface area contributed by atoms with Crippen molar-refractivity contribution < 1.29 is 23.9 Å². The highest BCUT2D eigenvalue weighted by Gasteiger charge is 2.26. The van der Waals surface area contributed by atoms with Gasteiger partial charge in [-0.2, -0.15) is 0 Å². The Morgan fingerprint density at radius 3 is 2.18 bits per heavy atom. The highest BCUT2D eigenvalue weighted by molar-refractivity contribution is 6.30. The number of nitrogens with one attached hydrogen (secondary N) is 2. The van der Waals surface area contributed by atoms with E-state index in [9.17, 15) is 23.9 Å². The summed E-state index contributed by atoms with van der Waals surface area (Å²) in [6, 6.07) is 10.0. The SMILES string of the molecule is CC(=O)N[C@@H](Cc1cccc(F)c1)C(=O)N[C@@H](Cc1cccc(Cl)c1)C(=O)O. The number of carboxylic acid groups (broad SMARTS) is 1. The normalized spacial score (nSPS) is 12.7. The summed E-state index contributed by atoms with van der Waals surface area (Å²) in [5.74, 6) is -2.82. The van der Waals surface area contributed by atoms with E-state index in [1.807, 2.05) is 0 Å². The first-order chi connectivity index (χ1) is 13.2. The lowest BCUT2D eigenvalue weighted by molar-refractivity contribution is -0.142. The van der Waals surface area contributed by atoms with Crippen LogP contribution in [-0.2, 0) is 27.2 Å². The summed E-state index contributed by atoms with van der Waals surface area (Å²) in [5.41, 5.74) is 1.14. The van der Waals surface area contributed by atoms with Crippen LogP contribution in [0.2, 0.25) is 5.02 Å². The van der Waals surface area contributed by atoms with Crippen LogP contribution in [0.25, 0.3) is 0 Å². The molecule has 3 N–H and O–H groups in total. The van der Waals surface area contributed by atoms with Crippen LogP contribution in [0.1, 0.15) is 18.1 Å². The fraction of sp³-hybridized carbons (Fsp3) is 0.250. The molecule has 8 heteroatoms. The van der Waals surface area contributed by atoms with Crippen molar-refractivity contribution >= 4 is 29.4 Å². The first-order valence-corrected chi connectivity index (χ1v) is 8.91. The van der Waals surface area contributed by atoms with E-state index in [4.69, 9.17) is 11.6 Å². The van der Waals surface area contributed by atoms with Gasteiger partial charge < -0.3 is 15.7 Å². The van der Waals surface area contributed by atoms with Gasteiger partial charge in [-0.3, -0.25) is 9.59 Å². The van der Waals surface area contributed by atoms with E-state index < -0.39 is 35.7 Å². The van der Waals surface area contributed by atoms with E-state index in [-0.39, 0.29) is 12.8 Å². The first-order valence-electron chi connectivity index (χ1n) is 8.53. The van der Waals surface area contributed by atoms with Crippen LogP contribution in [0.3, 0.4) is 0 Å². The Morgan fingerprint density at radius 2 is 1.61 bits per heavy atom. The lowest BCUT2D eigenvalue weighted by atomic mass is 10.0. The molecule has 0 saturated heterocycles. The number of aliphatic carboxylic acids is 1. The lowest BCUT2D eigenvalue weighted by Gasteiger charge is -2.21. The molecule has 0 saturated carbocycles. The van der Waals surface area contributed by atoms with Gasteiger partial charge in [0, 0.05) is 24.8 Å².